The molecule has 1 saturated heterocycles. The first kappa shape index (κ1) is 14.7. The fraction of sp³-hybridized carbons (Fsp3) is 0.462. The monoisotopic (exact) mass is 282 g/mol. The van der Waals surface area contributed by atoms with Crippen LogP contribution in [-0.2, 0) is 9.63 Å². The van der Waals surface area contributed by atoms with Crippen molar-refractivity contribution < 1.29 is 14.0 Å². The van der Waals surface area contributed by atoms with Crippen molar-refractivity contribution in [2.75, 3.05) is 37.6 Å². The number of nitrogens with two attached hydrogens (primary N) is 1. The Bertz CT molecular complexity index is 433. The van der Waals surface area contributed by atoms with Gasteiger partial charge in [-0.2, -0.15) is 0 Å². The van der Waals surface area contributed by atoms with Gasteiger partial charge < -0.3 is 9.74 Å². The minimum absolute atomic E-state index is 0.223. The number of hydrogen-bond acceptors (Lipinski definition) is 6. The van der Waals surface area contributed by atoms with E-state index in [0.717, 1.165) is 31.9 Å². The topological polar surface area (TPSA) is 70.8 Å². The van der Waals surface area contributed by atoms with E-state index in [1.54, 1.807) is 12.1 Å². The van der Waals surface area contributed by atoms with Gasteiger partial charge in [-0.15, -0.1) is 0 Å². The molecule has 0 atom stereocenters. The summed E-state index contributed by atoms with van der Waals surface area (Å²) in [6, 6.07) is 6.51. The van der Waals surface area contributed by atoms with Crippen molar-refractivity contribution in [2.24, 2.45) is 5.84 Å². The summed E-state index contributed by atoms with van der Waals surface area (Å²) in [5.41, 5.74) is 2.91. The standard InChI is InChI=1S/C13H19FN4O2/c14-11-1-3-12(4-2-11)18-9-7-17(8-10-18)6-5-13(19)20-16-15/h1-4,16H,5-10,15H2. The molecule has 0 radical (unpaired) electrons. The number of nitrogens with one attached hydrogen (secondary N) is 1. The number of hydrazine groups is 1. The van der Waals surface area contributed by atoms with Crippen LogP contribution in [0, 0.1) is 5.82 Å². The lowest BCUT2D eigenvalue weighted by atomic mass is 10.2. The molecule has 0 unspecified atom stereocenters. The van der Waals surface area contributed by atoms with Gasteiger partial charge in [-0.3, -0.25) is 9.69 Å². The minimum atomic E-state index is -0.367. The van der Waals surface area contributed by atoms with Crippen molar-refractivity contribution in [3.63, 3.8) is 0 Å². The van der Waals surface area contributed by atoms with E-state index in [2.05, 4.69) is 14.6 Å². The molecule has 3 N–H and O–H groups in total. The largest absolute Gasteiger partial charge is 0.369 e. The van der Waals surface area contributed by atoms with E-state index in [9.17, 15) is 9.18 Å². The van der Waals surface area contributed by atoms with Crippen LogP contribution in [0.15, 0.2) is 24.3 Å². The second-order valence-corrected chi connectivity index (χ2v) is 4.65. The maximum absolute atomic E-state index is 12.9. The number of anilines is 1. The van der Waals surface area contributed by atoms with E-state index in [0.29, 0.717) is 13.0 Å². The van der Waals surface area contributed by atoms with Crippen molar-refractivity contribution in [2.45, 2.75) is 6.42 Å². The van der Waals surface area contributed by atoms with E-state index in [4.69, 9.17) is 5.84 Å². The van der Waals surface area contributed by atoms with Gasteiger partial charge in [0.2, 0.25) is 0 Å². The summed E-state index contributed by atoms with van der Waals surface area (Å²) >= 11 is 0. The van der Waals surface area contributed by atoms with Gasteiger partial charge in [0.1, 0.15) is 5.82 Å². The lowest BCUT2D eigenvalue weighted by molar-refractivity contribution is -0.151. The van der Waals surface area contributed by atoms with Gasteiger partial charge in [-0.25, -0.2) is 10.2 Å². The number of benzene rings is 1. The lowest BCUT2D eigenvalue weighted by Gasteiger charge is -2.35. The van der Waals surface area contributed by atoms with E-state index < -0.39 is 0 Å². The molecule has 0 aromatic heterocycles. The molecule has 0 spiro atoms. The summed E-state index contributed by atoms with van der Waals surface area (Å²) in [7, 11) is 0. The molecule has 1 aromatic carbocycles. The summed E-state index contributed by atoms with van der Waals surface area (Å²) in [6.45, 7) is 4.09. The fourth-order valence-corrected chi connectivity index (χ4v) is 2.25. The summed E-state index contributed by atoms with van der Waals surface area (Å²) in [6.07, 6.45) is 0.306. The molecule has 0 amide bonds. The third-order valence-electron chi connectivity index (χ3n) is 3.37. The normalized spacial score (nSPS) is 16.2. The highest BCUT2D eigenvalue weighted by Gasteiger charge is 2.18. The maximum Gasteiger partial charge on any atom is 0.327 e. The SMILES string of the molecule is NNOC(=O)CCN1CCN(c2ccc(F)cc2)CC1. The van der Waals surface area contributed by atoms with Gasteiger partial charge in [0, 0.05) is 38.4 Å². The first-order valence-corrected chi connectivity index (χ1v) is 6.57. The van der Waals surface area contributed by atoms with Crippen LogP contribution < -0.4 is 16.3 Å². The van der Waals surface area contributed by atoms with Crippen molar-refractivity contribution in [3.05, 3.63) is 30.1 Å². The summed E-state index contributed by atoms with van der Waals surface area (Å²) < 4.78 is 12.9. The Hall–Kier alpha value is -1.70. The average Bonchev–Trinajstić information content (AvgIpc) is 2.47. The number of halogens is 1. The Morgan fingerprint density at radius 3 is 2.50 bits per heavy atom. The summed E-state index contributed by atoms with van der Waals surface area (Å²) in [5.74, 6) is 4.30. The molecule has 2 rings (SSSR count). The van der Waals surface area contributed by atoms with Crippen LogP contribution in [0.4, 0.5) is 10.1 Å². The number of nitrogens with zero attached hydrogens (tertiary/aromatic N) is 2. The zero-order chi connectivity index (χ0) is 14.4. The molecule has 1 aromatic rings. The van der Waals surface area contributed by atoms with Gasteiger partial charge in [0.05, 0.1) is 6.42 Å². The Morgan fingerprint density at radius 2 is 1.90 bits per heavy atom. The third-order valence-corrected chi connectivity index (χ3v) is 3.37. The molecule has 0 saturated carbocycles. The van der Waals surface area contributed by atoms with Crippen molar-refractivity contribution in [1.29, 1.82) is 0 Å². The van der Waals surface area contributed by atoms with Crippen molar-refractivity contribution >= 4 is 11.7 Å². The van der Waals surface area contributed by atoms with Gasteiger partial charge in [0.15, 0.2) is 0 Å². The molecular formula is C13H19FN4O2. The smallest absolute Gasteiger partial charge is 0.327 e. The van der Waals surface area contributed by atoms with Crippen LogP contribution >= 0.6 is 0 Å². The molecule has 20 heavy (non-hydrogen) atoms. The van der Waals surface area contributed by atoms with Gasteiger partial charge in [0.25, 0.3) is 0 Å². The van der Waals surface area contributed by atoms with Crippen LogP contribution in [0.5, 0.6) is 0 Å². The zero-order valence-corrected chi connectivity index (χ0v) is 11.2. The van der Waals surface area contributed by atoms with Gasteiger partial charge in [-0.05, 0) is 24.3 Å². The molecule has 0 bridgehead atoms. The van der Waals surface area contributed by atoms with E-state index in [1.165, 1.54) is 12.1 Å². The number of hydrogen-bond donors (Lipinski definition) is 2. The van der Waals surface area contributed by atoms with Crippen molar-refractivity contribution in [3.8, 4) is 0 Å². The van der Waals surface area contributed by atoms with Crippen LogP contribution in [0.25, 0.3) is 0 Å². The Balaban J connectivity index is 1.75. The van der Waals surface area contributed by atoms with Crippen LogP contribution in [0.1, 0.15) is 6.42 Å². The molecule has 6 nitrogen and oxygen atoms in total. The first-order chi connectivity index (χ1) is 9.69. The van der Waals surface area contributed by atoms with E-state index in [1.807, 2.05) is 5.59 Å². The number of carbonyl (C=O) groups excluding carboxylic acids is 1. The van der Waals surface area contributed by atoms with Crippen LogP contribution in [0.2, 0.25) is 0 Å². The van der Waals surface area contributed by atoms with Gasteiger partial charge in [-0.1, -0.05) is 5.59 Å². The Labute approximate surface area is 117 Å². The molecule has 7 heteroatoms. The predicted molar refractivity (Wildman–Crippen MR) is 73.1 cm³/mol. The second-order valence-electron chi connectivity index (χ2n) is 4.65. The highest BCUT2D eigenvalue weighted by Crippen LogP contribution is 2.16. The molecule has 1 aliphatic heterocycles. The zero-order valence-electron chi connectivity index (χ0n) is 11.2. The van der Waals surface area contributed by atoms with Crippen LogP contribution in [-0.4, -0.2) is 43.6 Å². The summed E-state index contributed by atoms with van der Waals surface area (Å²) in [5, 5.41) is 0. The molecular weight excluding hydrogens is 263 g/mol. The van der Waals surface area contributed by atoms with Crippen LogP contribution in [0.3, 0.4) is 0 Å². The number of rotatable bonds is 5. The maximum atomic E-state index is 12.9. The highest BCUT2D eigenvalue weighted by atomic mass is 19.1. The van der Waals surface area contributed by atoms with Crippen molar-refractivity contribution in [1.82, 2.24) is 10.5 Å². The first-order valence-electron chi connectivity index (χ1n) is 6.57. The lowest BCUT2D eigenvalue weighted by Crippen LogP contribution is -2.47. The van der Waals surface area contributed by atoms with E-state index in [-0.39, 0.29) is 11.8 Å². The average molecular weight is 282 g/mol. The van der Waals surface area contributed by atoms with Gasteiger partial charge >= 0.3 is 5.97 Å². The highest BCUT2D eigenvalue weighted by molar-refractivity contribution is 5.69. The molecule has 110 valence electrons. The molecule has 1 heterocycles. The number of carbonyl (C=O) groups is 1. The summed E-state index contributed by atoms with van der Waals surface area (Å²) in [4.78, 5) is 20.0. The predicted octanol–water partition coefficient (Wildman–Crippen LogP) is 0.259. The number of piperazine rings is 1. The quantitative estimate of drug-likeness (QED) is 0.596. The fourth-order valence-electron chi connectivity index (χ4n) is 2.25. The molecule has 1 fully saturated rings. The Morgan fingerprint density at radius 1 is 1.25 bits per heavy atom. The molecule has 1 aliphatic rings. The third kappa shape index (κ3) is 4.16. The Kier molecular flexibility index (Phi) is 5.28. The molecule has 0 aliphatic carbocycles. The minimum Gasteiger partial charge on any atom is -0.369 e. The van der Waals surface area contributed by atoms with E-state index >= 15 is 0 Å². The second kappa shape index (κ2) is 7.18.